The number of nitrogens with one attached hydrogen (secondary N) is 1. The van der Waals surface area contributed by atoms with Gasteiger partial charge in [-0.25, -0.2) is 14.8 Å². The van der Waals surface area contributed by atoms with Gasteiger partial charge in [-0.1, -0.05) is 81.6 Å². The van der Waals surface area contributed by atoms with Crippen LogP contribution in [0.2, 0.25) is 0 Å². The Morgan fingerprint density at radius 2 is 1.62 bits per heavy atom. The zero-order valence-electron chi connectivity index (χ0n) is 22.3. The Hall–Kier alpha value is -3.43. The molecule has 9 nitrogen and oxygen atoms in total. The van der Waals surface area contributed by atoms with Crippen molar-refractivity contribution >= 4 is 0 Å². The molecule has 0 aliphatic carbocycles. The molecule has 196 valence electrons. The van der Waals surface area contributed by atoms with Gasteiger partial charge in [-0.15, -0.1) is 5.10 Å². The Morgan fingerprint density at radius 1 is 0.892 bits per heavy atom. The van der Waals surface area contributed by atoms with Crippen LogP contribution in [0.15, 0.2) is 48.5 Å². The number of nitrogens with zero attached hydrogens (tertiary/aromatic N) is 6. The standard InChI is InChI=1S/C28H37N7O2/c1-5-7-11-19-35-25(29-27(32-35)28(36-3,37-4)18-8-6-2)20-21-14-16-22(17-15-21)23-12-9-10-13-24(23)26-30-33-34-31-26/h9-10,12-17H,5-8,11,18-20H2,1-4H3,(H,30,31,33,34). The molecule has 0 atom stereocenters. The maximum absolute atomic E-state index is 5.85. The number of methoxy groups -OCH3 is 2. The first-order valence-corrected chi connectivity index (χ1v) is 13.1. The molecule has 0 amide bonds. The topological polar surface area (TPSA) is 104 Å². The molecule has 0 fully saturated rings. The second kappa shape index (κ2) is 12.7. The summed E-state index contributed by atoms with van der Waals surface area (Å²) < 4.78 is 13.7. The second-order valence-corrected chi connectivity index (χ2v) is 9.22. The molecule has 4 rings (SSSR count). The molecule has 0 spiro atoms. The van der Waals surface area contributed by atoms with Gasteiger partial charge in [0.2, 0.25) is 11.6 Å². The fourth-order valence-corrected chi connectivity index (χ4v) is 4.55. The van der Waals surface area contributed by atoms with Crippen molar-refractivity contribution < 1.29 is 9.47 Å². The second-order valence-electron chi connectivity index (χ2n) is 9.22. The minimum Gasteiger partial charge on any atom is -0.347 e. The third kappa shape index (κ3) is 6.11. The van der Waals surface area contributed by atoms with Crippen LogP contribution in [-0.4, -0.2) is 49.6 Å². The van der Waals surface area contributed by atoms with Crippen LogP contribution in [0.3, 0.4) is 0 Å². The Labute approximate surface area is 218 Å². The van der Waals surface area contributed by atoms with E-state index in [4.69, 9.17) is 19.6 Å². The number of tetrazole rings is 1. The summed E-state index contributed by atoms with van der Waals surface area (Å²) >= 11 is 0. The predicted molar refractivity (Wildman–Crippen MR) is 143 cm³/mol. The monoisotopic (exact) mass is 503 g/mol. The fourth-order valence-electron chi connectivity index (χ4n) is 4.55. The first-order chi connectivity index (χ1) is 18.1. The lowest BCUT2D eigenvalue weighted by Crippen LogP contribution is -2.32. The number of H-pyrrole nitrogens is 1. The smallest absolute Gasteiger partial charge is 0.231 e. The summed E-state index contributed by atoms with van der Waals surface area (Å²) in [5.74, 6) is 1.24. The first kappa shape index (κ1) is 26.6. The molecular weight excluding hydrogens is 466 g/mol. The van der Waals surface area contributed by atoms with Gasteiger partial charge in [-0.2, -0.15) is 5.10 Å². The number of hydrogen-bond acceptors (Lipinski definition) is 7. The number of aromatic amines is 1. The highest BCUT2D eigenvalue weighted by atomic mass is 16.7. The Kier molecular flexibility index (Phi) is 9.14. The van der Waals surface area contributed by atoms with Crippen LogP contribution in [0.25, 0.3) is 22.5 Å². The summed E-state index contributed by atoms with van der Waals surface area (Å²) in [4.78, 5) is 4.96. The van der Waals surface area contributed by atoms with E-state index >= 15 is 0 Å². The summed E-state index contributed by atoms with van der Waals surface area (Å²) in [5.41, 5.74) is 4.28. The van der Waals surface area contributed by atoms with E-state index in [1.807, 2.05) is 22.9 Å². The van der Waals surface area contributed by atoms with Crippen LogP contribution in [-0.2, 0) is 28.2 Å². The molecule has 0 radical (unpaired) electrons. The molecule has 0 unspecified atom stereocenters. The van der Waals surface area contributed by atoms with Gasteiger partial charge in [0.15, 0.2) is 5.82 Å². The van der Waals surface area contributed by atoms with Crippen molar-refractivity contribution in [2.24, 2.45) is 0 Å². The number of aromatic nitrogens is 7. The van der Waals surface area contributed by atoms with Crippen molar-refractivity contribution in [3.8, 4) is 22.5 Å². The average Bonchev–Trinajstić information content (AvgIpc) is 3.62. The molecule has 9 heteroatoms. The summed E-state index contributed by atoms with van der Waals surface area (Å²) in [5, 5.41) is 19.3. The minimum atomic E-state index is -0.927. The van der Waals surface area contributed by atoms with Gasteiger partial charge >= 0.3 is 0 Å². The predicted octanol–water partition coefficient (Wildman–Crippen LogP) is 5.54. The molecule has 2 heterocycles. The summed E-state index contributed by atoms with van der Waals surface area (Å²) in [7, 11) is 3.34. The lowest BCUT2D eigenvalue weighted by molar-refractivity contribution is -0.226. The van der Waals surface area contributed by atoms with E-state index in [0.29, 0.717) is 24.5 Å². The van der Waals surface area contributed by atoms with Crippen LogP contribution in [0.1, 0.15) is 69.6 Å². The van der Waals surface area contributed by atoms with Crippen LogP contribution < -0.4 is 0 Å². The van der Waals surface area contributed by atoms with Gasteiger partial charge in [-0.3, -0.25) is 0 Å². The molecular formula is C28H37N7O2. The molecule has 4 aromatic rings. The van der Waals surface area contributed by atoms with Gasteiger partial charge in [0, 0.05) is 39.2 Å². The molecule has 1 N–H and O–H groups in total. The van der Waals surface area contributed by atoms with Gasteiger partial charge in [0.1, 0.15) is 5.82 Å². The van der Waals surface area contributed by atoms with E-state index in [0.717, 1.165) is 66.7 Å². The maximum atomic E-state index is 5.85. The third-order valence-electron chi connectivity index (χ3n) is 6.74. The molecule has 0 saturated carbocycles. The lowest BCUT2D eigenvalue weighted by atomic mass is 9.98. The number of benzene rings is 2. The zero-order chi connectivity index (χ0) is 26.1. The third-order valence-corrected chi connectivity index (χ3v) is 6.74. The van der Waals surface area contributed by atoms with E-state index in [9.17, 15) is 0 Å². The fraction of sp³-hybridized carbons (Fsp3) is 0.464. The van der Waals surface area contributed by atoms with Crippen molar-refractivity contribution in [2.75, 3.05) is 14.2 Å². The SMILES string of the molecule is CCCCCn1nc(C(CCCC)(OC)OC)nc1Cc1ccc(-c2ccccc2-c2nnn[nH]2)cc1. The lowest BCUT2D eigenvalue weighted by Gasteiger charge is -2.27. The number of unbranched alkanes of at least 4 members (excludes halogenated alkanes) is 3. The zero-order valence-corrected chi connectivity index (χ0v) is 22.3. The molecule has 0 aliphatic heterocycles. The molecule has 0 bridgehead atoms. The largest absolute Gasteiger partial charge is 0.347 e. The van der Waals surface area contributed by atoms with Crippen LogP contribution in [0.4, 0.5) is 0 Å². The van der Waals surface area contributed by atoms with Crippen molar-refractivity contribution in [2.45, 2.75) is 71.1 Å². The van der Waals surface area contributed by atoms with Gasteiger partial charge < -0.3 is 9.47 Å². The van der Waals surface area contributed by atoms with E-state index in [-0.39, 0.29) is 0 Å². The van der Waals surface area contributed by atoms with Gasteiger partial charge in [0.25, 0.3) is 0 Å². The van der Waals surface area contributed by atoms with Crippen LogP contribution >= 0.6 is 0 Å². The number of hydrogen-bond donors (Lipinski definition) is 1. The molecule has 37 heavy (non-hydrogen) atoms. The van der Waals surface area contributed by atoms with E-state index < -0.39 is 5.79 Å². The highest BCUT2D eigenvalue weighted by Crippen LogP contribution is 2.32. The highest BCUT2D eigenvalue weighted by molar-refractivity contribution is 5.80. The molecule has 2 aromatic carbocycles. The minimum absolute atomic E-state index is 0.601. The van der Waals surface area contributed by atoms with Crippen molar-refractivity contribution in [3.63, 3.8) is 0 Å². The van der Waals surface area contributed by atoms with Crippen LogP contribution in [0, 0.1) is 0 Å². The number of aryl methyl sites for hydroxylation is 1. The average molecular weight is 504 g/mol. The quantitative estimate of drug-likeness (QED) is 0.178. The van der Waals surface area contributed by atoms with Crippen molar-refractivity contribution in [3.05, 3.63) is 65.7 Å². The Bertz CT molecular complexity index is 1230. The Morgan fingerprint density at radius 3 is 2.27 bits per heavy atom. The van der Waals surface area contributed by atoms with E-state index in [1.54, 1.807) is 14.2 Å². The van der Waals surface area contributed by atoms with E-state index in [1.165, 1.54) is 0 Å². The molecule has 0 aliphatic rings. The molecule has 0 saturated heterocycles. The summed E-state index contributed by atoms with van der Waals surface area (Å²) in [6.45, 7) is 5.19. The maximum Gasteiger partial charge on any atom is 0.231 e. The summed E-state index contributed by atoms with van der Waals surface area (Å²) in [6, 6.07) is 16.7. The molecule has 2 aromatic heterocycles. The van der Waals surface area contributed by atoms with Crippen LogP contribution in [0.5, 0.6) is 0 Å². The van der Waals surface area contributed by atoms with Gasteiger partial charge in [0.05, 0.1) is 0 Å². The number of ether oxygens (including phenoxy) is 2. The summed E-state index contributed by atoms with van der Waals surface area (Å²) in [6.07, 6.45) is 6.75. The van der Waals surface area contributed by atoms with E-state index in [2.05, 4.69) is 64.8 Å². The normalized spacial score (nSPS) is 11.8. The highest BCUT2D eigenvalue weighted by Gasteiger charge is 2.37. The van der Waals surface area contributed by atoms with Crippen molar-refractivity contribution in [1.82, 2.24) is 35.4 Å². The number of rotatable bonds is 14. The van der Waals surface area contributed by atoms with Gasteiger partial charge in [-0.05, 0) is 40.0 Å². The first-order valence-electron chi connectivity index (χ1n) is 13.1. The van der Waals surface area contributed by atoms with Crippen molar-refractivity contribution in [1.29, 1.82) is 0 Å². The Balaban J connectivity index is 1.61.